The quantitative estimate of drug-likeness (QED) is 0.689. The molecule has 0 bridgehead atoms. The van der Waals surface area contributed by atoms with Crippen LogP contribution >= 0.6 is 11.6 Å². The van der Waals surface area contributed by atoms with Crippen LogP contribution < -0.4 is 4.74 Å². The van der Waals surface area contributed by atoms with Crippen molar-refractivity contribution in [2.24, 2.45) is 5.92 Å². The van der Waals surface area contributed by atoms with Gasteiger partial charge in [-0.2, -0.15) is 0 Å². The summed E-state index contributed by atoms with van der Waals surface area (Å²) >= 11 is 6.07. The van der Waals surface area contributed by atoms with Crippen LogP contribution in [0.25, 0.3) is 0 Å². The lowest BCUT2D eigenvalue weighted by Crippen LogP contribution is -2.50. The Labute approximate surface area is 176 Å². The van der Waals surface area contributed by atoms with Crippen molar-refractivity contribution >= 4 is 17.6 Å². The molecule has 2 aliphatic rings. The van der Waals surface area contributed by atoms with E-state index in [0.717, 1.165) is 28.3 Å². The Morgan fingerprint density at radius 3 is 2.62 bits per heavy atom. The number of aryl methyl sites for hydroxylation is 1. The SMILES string of the molecule is C[C@@H]1O[C@@H]2c3cc(CCC(=O)O)ccc3OC(C)(C)[C@H]2C[C@H]1c1ccc(Cl)cc1. The fraction of sp³-hybridized carbons (Fsp3) is 0.458. The third kappa shape index (κ3) is 4.01. The van der Waals surface area contributed by atoms with Crippen LogP contribution in [-0.2, 0) is 16.0 Å². The lowest BCUT2D eigenvalue weighted by atomic mass is 9.70. The number of carboxylic acid groups (broad SMARTS) is 1. The molecule has 4 rings (SSSR count). The highest BCUT2D eigenvalue weighted by Gasteiger charge is 2.49. The predicted molar refractivity (Wildman–Crippen MR) is 113 cm³/mol. The fourth-order valence-electron chi connectivity index (χ4n) is 4.74. The van der Waals surface area contributed by atoms with E-state index in [1.165, 1.54) is 5.56 Å². The Morgan fingerprint density at radius 1 is 1.21 bits per heavy atom. The zero-order valence-electron chi connectivity index (χ0n) is 17.0. The maximum Gasteiger partial charge on any atom is 0.303 e. The van der Waals surface area contributed by atoms with E-state index in [4.69, 9.17) is 26.2 Å². The molecule has 2 aromatic carbocycles. The van der Waals surface area contributed by atoms with Crippen molar-refractivity contribution < 1.29 is 19.4 Å². The molecular weight excluding hydrogens is 388 g/mol. The molecule has 1 N–H and O–H groups in total. The van der Waals surface area contributed by atoms with Gasteiger partial charge in [-0.1, -0.05) is 29.8 Å². The second kappa shape index (κ2) is 7.66. The van der Waals surface area contributed by atoms with Gasteiger partial charge < -0.3 is 14.6 Å². The van der Waals surface area contributed by atoms with Crippen LogP contribution in [0.4, 0.5) is 0 Å². The molecule has 5 heteroatoms. The Morgan fingerprint density at radius 2 is 1.93 bits per heavy atom. The van der Waals surface area contributed by atoms with Crippen molar-refractivity contribution in [2.75, 3.05) is 0 Å². The van der Waals surface area contributed by atoms with Crippen LogP contribution in [0.15, 0.2) is 42.5 Å². The first kappa shape index (κ1) is 20.2. The second-order valence-electron chi connectivity index (χ2n) is 8.73. The van der Waals surface area contributed by atoms with Crippen molar-refractivity contribution in [3.63, 3.8) is 0 Å². The van der Waals surface area contributed by atoms with E-state index in [1.807, 2.05) is 24.3 Å². The molecule has 0 spiro atoms. The summed E-state index contributed by atoms with van der Waals surface area (Å²) in [4.78, 5) is 11.0. The van der Waals surface area contributed by atoms with Crippen LogP contribution in [0.1, 0.15) is 62.3 Å². The van der Waals surface area contributed by atoms with Crippen molar-refractivity contribution in [2.45, 2.75) is 63.8 Å². The first-order valence-electron chi connectivity index (χ1n) is 10.2. The molecule has 2 heterocycles. The molecular formula is C24H27ClO4. The van der Waals surface area contributed by atoms with Gasteiger partial charge in [0, 0.05) is 28.8 Å². The maximum atomic E-state index is 11.0. The maximum absolute atomic E-state index is 11.0. The smallest absolute Gasteiger partial charge is 0.303 e. The number of hydrogen-bond donors (Lipinski definition) is 1. The summed E-state index contributed by atoms with van der Waals surface area (Å²) in [5.41, 5.74) is 2.92. The Kier molecular flexibility index (Phi) is 5.34. The van der Waals surface area contributed by atoms with Gasteiger partial charge in [0.25, 0.3) is 0 Å². The molecule has 0 aromatic heterocycles. The highest BCUT2D eigenvalue weighted by molar-refractivity contribution is 6.30. The third-order valence-electron chi connectivity index (χ3n) is 6.37. The third-order valence-corrected chi connectivity index (χ3v) is 6.63. The number of benzene rings is 2. The molecule has 1 saturated heterocycles. The zero-order valence-corrected chi connectivity index (χ0v) is 17.8. The highest BCUT2D eigenvalue weighted by Crippen LogP contribution is 2.53. The number of carboxylic acids is 1. The number of halogens is 1. The number of aliphatic carboxylic acids is 1. The summed E-state index contributed by atoms with van der Waals surface area (Å²) in [5.74, 6) is 0.522. The molecule has 0 saturated carbocycles. The molecule has 2 aromatic rings. The van der Waals surface area contributed by atoms with Gasteiger partial charge in [-0.05, 0) is 69.0 Å². The van der Waals surface area contributed by atoms with Crippen molar-refractivity contribution in [3.05, 3.63) is 64.2 Å². The first-order valence-corrected chi connectivity index (χ1v) is 10.6. The minimum atomic E-state index is -0.786. The summed E-state index contributed by atoms with van der Waals surface area (Å²) in [7, 11) is 0. The normalized spacial score (nSPS) is 27.4. The monoisotopic (exact) mass is 414 g/mol. The minimum absolute atomic E-state index is 0.0573. The van der Waals surface area contributed by atoms with E-state index >= 15 is 0 Å². The van der Waals surface area contributed by atoms with Crippen LogP contribution in [0, 0.1) is 5.92 Å². The van der Waals surface area contributed by atoms with Crippen molar-refractivity contribution in [1.82, 2.24) is 0 Å². The van der Waals surface area contributed by atoms with Gasteiger partial charge in [-0.25, -0.2) is 0 Å². The van der Waals surface area contributed by atoms with E-state index < -0.39 is 5.97 Å². The Balaban J connectivity index is 1.65. The molecule has 4 nitrogen and oxygen atoms in total. The van der Waals surface area contributed by atoms with Crippen LogP contribution in [0.3, 0.4) is 0 Å². The van der Waals surface area contributed by atoms with Crippen LogP contribution in [-0.4, -0.2) is 22.8 Å². The average molecular weight is 415 g/mol. The zero-order chi connectivity index (χ0) is 20.8. The van der Waals surface area contributed by atoms with Crippen LogP contribution in [0.5, 0.6) is 5.75 Å². The molecule has 0 aliphatic carbocycles. The fourth-order valence-corrected chi connectivity index (χ4v) is 4.87. The Bertz CT molecular complexity index is 906. The number of carbonyl (C=O) groups is 1. The Hall–Kier alpha value is -2.04. The average Bonchev–Trinajstić information content (AvgIpc) is 2.67. The summed E-state index contributed by atoms with van der Waals surface area (Å²) in [6, 6.07) is 14.0. The second-order valence-corrected chi connectivity index (χ2v) is 9.17. The molecule has 29 heavy (non-hydrogen) atoms. The van der Waals surface area contributed by atoms with Crippen molar-refractivity contribution in [1.29, 1.82) is 0 Å². The highest BCUT2D eigenvalue weighted by atomic mass is 35.5. The summed E-state index contributed by atoms with van der Waals surface area (Å²) in [6.07, 6.45) is 1.58. The van der Waals surface area contributed by atoms with Gasteiger partial charge in [-0.3, -0.25) is 4.79 Å². The van der Waals surface area contributed by atoms with Gasteiger partial charge in [-0.15, -0.1) is 0 Å². The topological polar surface area (TPSA) is 55.8 Å². The van der Waals surface area contributed by atoms with Gasteiger partial charge in [0.2, 0.25) is 0 Å². The van der Waals surface area contributed by atoms with E-state index in [2.05, 4.69) is 39.0 Å². The molecule has 0 amide bonds. The summed E-state index contributed by atoms with van der Waals surface area (Å²) < 4.78 is 13.0. The molecule has 2 aliphatic heterocycles. The summed E-state index contributed by atoms with van der Waals surface area (Å²) in [5, 5.41) is 9.74. The van der Waals surface area contributed by atoms with E-state index in [9.17, 15) is 4.79 Å². The first-order chi connectivity index (χ1) is 13.7. The van der Waals surface area contributed by atoms with E-state index in [-0.39, 0.29) is 36.1 Å². The minimum Gasteiger partial charge on any atom is -0.487 e. The lowest BCUT2D eigenvalue weighted by molar-refractivity contribution is -0.153. The van der Waals surface area contributed by atoms with E-state index in [1.54, 1.807) is 0 Å². The van der Waals surface area contributed by atoms with Gasteiger partial charge >= 0.3 is 5.97 Å². The van der Waals surface area contributed by atoms with Gasteiger partial charge in [0.1, 0.15) is 11.4 Å². The number of hydrogen-bond acceptors (Lipinski definition) is 3. The molecule has 4 atom stereocenters. The van der Waals surface area contributed by atoms with Crippen LogP contribution in [0.2, 0.25) is 5.02 Å². The molecule has 0 radical (unpaired) electrons. The number of rotatable bonds is 4. The molecule has 154 valence electrons. The predicted octanol–water partition coefficient (Wildman–Crippen LogP) is 5.78. The van der Waals surface area contributed by atoms with Gasteiger partial charge in [0.15, 0.2) is 0 Å². The lowest BCUT2D eigenvalue weighted by Gasteiger charge is -2.50. The van der Waals surface area contributed by atoms with E-state index in [0.29, 0.717) is 6.42 Å². The number of fused-ring (bicyclic) bond motifs is 3. The summed E-state index contributed by atoms with van der Waals surface area (Å²) in [6.45, 7) is 6.39. The van der Waals surface area contributed by atoms with Crippen molar-refractivity contribution in [3.8, 4) is 5.75 Å². The number of ether oxygens (including phenoxy) is 2. The standard InChI is InChI=1S/C24H27ClO4/c1-14-18(16-6-8-17(25)9-7-16)13-20-23(28-14)19-12-15(5-11-22(26)27)4-10-21(19)29-24(20,2)3/h4,6-10,12,14,18,20,23H,5,11,13H2,1-3H3,(H,26,27)/t14-,18+,20-,23+/m0/s1. The molecule has 1 fully saturated rings. The van der Waals surface area contributed by atoms with Gasteiger partial charge in [0.05, 0.1) is 12.2 Å². The largest absolute Gasteiger partial charge is 0.487 e. The molecule has 0 unspecified atom stereocenters.